The molecule has 0 bridgehead atoms. The first-order valence-electron chi connectivity index (χ1n) is 5.90. The van der Waals surface area contributed by atoms with E-state index in [4.69, 9.17) is 11.6 Å². The van der Waals surface area contributed by atoms with E-state index >= 15 is 0 Å². The number of halogens is 1. The van der Waals surface area contributed by atoms with Gasteiger partial charge in [0, 0.05) is 17.8 Å². The molecular formula is C13H12ClN3O3S. The highest BCUT2D eigenvalue weighted by molar-refractivity contribution is 7.11. The van der Waals surface area contributed by atoms with Gasteiger partial charge in [-0.2, -0.15) is 4.37 Å². The number of nitrogens with one attached hydrogen (secondary N) is 1. The van der Waals surface area contributed by atoms with Crippen LogP contribution in [0.25, 0.3) is 0 Å². The number of rotatable bonds is 3. The Kier molecular flexibility index (Phi) is 4.44. The highest BCUT2D eigenvalue weighted by Crippen LogP contribution is 2.28. The minimum Gasteiger partial charge on any atom is -0.478 e. The highest BCUT2D eigenvalue weighted by atomic mass is 35.5. The first-order valence-corrected chi connectivity index (χ1v) is 7.05. The number of urea groups is 1. The lowest BCUT2D eigenvalue weighted by atomic mass is 10.2. The van der Waals surface area contributed by atoms with E-state index in [9.17, 15) is 14.7 Å². The normalized spacial score (nSPS) is 10.2. The Morgan fingerprint density at radius 3 is 2.76 bits per heavy atom. The van der Waals surface area contributed by atoms with Gasteiger partial charge in [-0.25, -0.2) is 9.59 Å². The van der Waals surface area contributed by atoms with Gasteiger partial charge in [-0.15, -0.1) is 0 Å². The van der Waals surface area contributed by atoms with Crippen molar-refractivity contribution in [1.29, 1.82) is 0 Å². The van der Waals surface area contributed by atoms with Gasteiger partial charge in [0.25, 0.3) is 0 Å². The highest BCUT2D eigenvalue weighted by Gasteiger charge is 2.23. The van der Waals surface area contributed by atoms with E-state index in [0.29, 0.717) is 16.4 Å². The van der Waals surface area contributed by atoms with Gasteiger partial charge in [0.1, 0.15) is 10.6 Å². The summed E-state index contributed by atoms with van der Waals surface area (Å²) in [5.74, 6) is -1.11. The Bertz CT molecular complexity index is 702. The van der Waals surface area contributed by atoms with Gasteiger partial charge in [0.2, 0.25) is 0 Å². The lowest BCUT2D eigenvalue weighted by molar-refractivity contribution is 0.0697. The zero-order chi connectivity index (χ0) is 15.6. The molecule has 0 spiro atoms. The summed E-state index contributed by atoms with van der Waals surface area (Å²) in [5.41, 5.74) is 0.936. The molecule has 110 valence electrons. The first-order chi connectivity index (χ1) is 9.90. The van der Waals surface area contributed by atoms with Crippen LogP contribution >= 0.6 is 23.1 Å². The molecule has 8 heteroatoms. The predicted octanol–water partition coefficient (Wildman–Crippen LogP) is 3.47. The maximum atomic E-state index is 12.2. The number of hydrogen-bond donors (Lipinski definition) is 2. The molecule has 2 amide bonds. The molecule has 0 saturated heterocycles. The standard InChI is InChI=1S/C13H12ClN3O3S/c1-7-10(12(18)19)11(21-16-7)17(2)13(20)15-9-5-3-4-8(14)6-9/h3-6H,1-2H3,(H,15,20)(H,18,19). The molecule has 1 aromatic heterocycles. The number of anilines is 2. The summed E-state index contributed by atoms with van der Waals surface area (Å²) in [4.78, 5) is 24.6. The smallest absolute Gasteiger partial charge is 0.340 e. The van der Waals surface area contributed by atoms with Gasteiger partial charge < -0.3 is 10.4 Å². The number of aromatic nitrogens is 1. The van der Waals surface area contributed by atoms with Gasteiger partial charge >= 0.3 is 12.0 Å². The second-order valence-corrected chi connectivity index (χ2v) is 5.44. The van der Waals surface area contributed by atoms with Crippen molar-refractivity contribution in [2.45, 2.75) is 6.92 Å². The van der Waals surface area contributed by atoms with Crippen LogP contribution in [0.5, 0.6) is 0 Å². The number of benzene rings is 1. The van der Waals surface area contributed by atoms with E-state index in [0.717, 1.165) is 11.5 Å². The topological polar surface area (TPSA) is 82.5 Å². The summed E-state index contributed by atoms with van der Waals surface area (Å²) < 4.78 is 3.98. The van der Waals surface area contributed by atoms with Crippen molar-refractivity contribution in [3.63, 3.8) is 0 Å². The molecule has 0 aliphatic heterocycles. The largest absolute Gasteiger partial charge is 0.478 e. The monoisotopic (exact) mass is 325 g/mol. The summed E-state index contributed by atoms with van der Waals surface area (Å²) in [6.07, 6.45) is 0. The van der Waals surface area contributed by atoms with E-state index in [-0.39, 0.29) is 10.6 Å². The van der Waals surface area contributed by atoms with Crippen molar-refractivity contribution < 1.29 is 14.7 Å². The first kappa shape index (κ1) is 15.3. The molecule has 1 aromatic carbocycles. The molecule has 0 atom stereocenters. The number of aryl methyl sites for hydroxylation is 1. The Morgan fingerprint density at radius 1 is 1.43 bits per heavy atom. The van der Waals surface area contributed by atoms with Crippen molar-refractivity contribution in [3.8, 4) is 0 Å². The second-order valence-electron chi connectivity index (χ2n) is 4.25. The number of carbonyl (C=O) groups is 2. The maximum absolute atomic E-state index is 12.2. The van der Waals surface area contributed by atoms with Crippen LogP contribution in [-0.2, 0) is 0 Å². The number of carboxylic acid groups (broad SMARTS) is 1. The lowest BCUT2D eigenvalue weighted by Crippen LogP contribution is -2.31. The summed E-state index contributed by atoms with van der Waals surface area (Å²) in [5, 5.41) is 12.6. The molecule has 2 aromatic rings. The quantitative estimate of drug-likeness (QED) is 0.905. The van der Waals surface area contributed by atoms with E-state index in [1.54, 1.807) is 31.2 Å². The number of carbonyl (C=O) groups excluding carboxylic acids is 1. The molecule has 2 N–H and O–H groups in total. The van der Waals surface area contributed by atoms with Crippen LogP contribution in [0.4, 0.5) is 15.5 Å². The predicted molar refractivity (Wildman–Crippen MR) is 82.7 cm³/mol. The Balaban J connectivity index is 2.22. The third kappa shape index (κ3) is 3.32. The van der Waals surface area contributed by atoms with Gasteiger partial charge in [-0.1, -0.05) is 17.7 Å². The van der Waals surface area contributed by atoms with Crippen LogP contribution in [0.15, 0.2) is 24.3 Å². The van der Waals surface area contributed by atoms with E-state index in [1.807, 2.05) is 0 Å². The fourth-order valence-corrected chi connectivity index (χ4v) is 2.74. The second kappa shape index (κ2) is 6.11. The zero-order valence-corrected chi connectivity index (χ0v) is 12.8. The van der Waals surface area contributed by atoms with Crippen molar-refractivity contribution in [2.24, 2.45) is 0 Å². The molecule has 0 fully saturated rings. The minimum atomic E-state index is -1.11. The van der Waals surface area contributed by atoms with Crippen LogP contribution in [-0.4, -0.2) is 28.5 Å². The molecule has 21 heavy (non-hydrogen) atoms. The number of amides is 2. The van der Waals surface area contributed by atoms with E-state index in [1.165, 1.54) is 11.9 Å². The zero-order valence-electron chi connectivity index (χ0n) is 11.3. The van der Waals surface area contributed by atoms with Crippen molar-refractivity contribution in [3.05, 3.63) is 40.5 Å². The average molecular weight is 326 g/mol. The Labute approximate surface area is 130 Å². The molecule has 1 heterocycles. The van der Waals surface area contributed by atoms with Gasteiger partial charge in [-0.05, 0) is 36.7 Å². The van der Waals surface area contributed by atoms with Crippen molar-refractivity contribution >= 4 is 45.8 Å². The summed E-state index contributed by atoms with van der Waals surface area (Å²) in [6, 6.07) is 6.22. The van der Waals surface area contributed by atoms with E-state index in [2.05, 4.69) is 9.69 Å². The third-order valence-corrected chi connectivity index (χ3v) is 3.99. The molecule has 0 aliphatic carbocycles. The maximum Gasteiger partial charge on any atom is 0.340 e. The Hall–Kier alpha value is -2.12. The molecule has 2 rings (SSSR count). The van der Waals surface area contributed by atoms with Crippen LogP contribution in [0.3, 0.4) is 0 Å². The molecule has 0 aliphatic rings. The van der Waals surface area contributed by atoms with E-state index < -0.39 is 12.0 Å². The number of hydrogen-bond acceptors (Lipinski definition) is 4. The van der Waals surface area contributed by atoms with Gasteiger partial charge in [0.15, 0.2) is 0 Å². The summed E-state index contributed by atoms with van der Waals surface area (Å²) in [6.45, 7) is 1.59. The third-order valence-electron chi connectivity index (χ3n) is 2.74. The number of nitrogens with zero attached hydrogens (tertiary/aromatic N) is 2. The van der Waals surface area contributed by atoms with Gasteiger partial charge in [-0.3, -0.25) is 4.90 Å². The van der Waals surface area contributed by atoms with Crippen molar-refractivity contribution in [2.75, 3.05) is 17.3 Å². The van der Waals surface area contributed by atoms with Crippen LogP contribution in [0, 0.1) is 6.92 Å². The number of carboxylic acids is 1. The van der Waals surface area contributed by atoms with Crippen LogP contribution < -0.4 is 10.2 Å². The number of aromatic carboxylic acids is 1. The molecule has 6 nitrogen and oxygen atoms in total. The van der Waals surface area contributed by atoms with Crippen molar-refractivity contribution in [1.82, 2.24) is 4.37 Å². The fourth-order valence-electron chi connectivity index (χ4n) is 1.70. The van der Waals surface area contributed by atoms with Crippen LogP contribution in [0.1, 0.15) is 16.1 Å². The Morgan fingerprint density at radius 2 is 2.14 bits per heavy atom. The molecule has 0 saturated carbocycles. The molecule has 0 unspecified atom stereocenters. The fraction of sp³-hybridized carbons (Fsp3) is 0.154. The molecular weight excluding hydrogens is 314 g/mol. The van der Waals surface area contributed by atoms with Gasteiger partial charge in [0.05, 0.1) is 5.69 Å². The summed E-state index contributed by atoms with van der Waals surface area (Å²) in [7, 11) is 1.49. The summed E-state index contributed by atoms with van der Waals surface area (Å²) >= 11 is 6.81. The average Bonchev–Trinajstić information content (AvgIpc) is 2.79. The SMILES string of the molecule is Cc1nsc(N(C)C(=O)Nc2cccc(Cl)c2)c1C(=O)O. The minimum absolute atomic E-state index is 0.0312. The van der Waals surface area contributed by atoms with Crippen LogP contribution in [0.2, 0.25) is 5.02 Å². The lowest BCUT2D eigenvalue weighted by Gasteiger charge is -2.16. The molecule has 0 radical (unpaired) electrons.